The Balaban J connectivity index is 2.09. The Labute approximate surface area is 123 Å². The van der Waals surface area contributed by atoms with Gasteiger partial charge in [-0.1, -0.05) is 37.3 Å². The Morgan fingerprint density at radius 1 is 1.05 bits per heavy atom. The third-order valence-corrected chi connectivity index (χ3v) is 2.88. The summed E-state index contributed by atoms with van der Waals surface area (Å²) in [7, 11) is 0. The molecule has 4 heteroatoms. The largest absolute Gasteiger partial charge is 0.494 e. The number of carboxylic acids is 1. The standard InChI is InChI=1S/C17H18O4/c1-2-12-20-14-8-10-15(11-9-14)21-16(17(18)19)13-6-4-3-5-7-13/h3-11,16H,2,12H2,1H3,(H,18,19). The van der Waals surface area contributed by atoms with Crippen molar-refractivity contribution in [1.82, 2.24) is 0 Å². The van der Waals surface area contributed by atoms with Gasteiger partial charge in [-0.3, -0.25) is 0 Å². The average molecular weight is 286 g/mol. The lowest BCUT2D eigenvalue weighted by Crippen LogP contribution is -2.18. The molecule has 0 aromatic heterocycles. The maximum Gasteiger partial charge on any atom is 0.349 e. The van der Waals surface area contributed by atoms with Crippen molar-refractivity contribution < 1.29 is 19.4 Å². The van der Waals surface area contributed by atoms with Crippen molar-refractivity contribution in [2.24, 2.45) is 0 Å². The van der Waals surface area contributed by atoms with Crippen molar-refractivity contribution in [2.45, 2.75) is 19.4 Å². The van der Waals surface area contributed by atoms with Crippen molar-refractivity contribution in [3.05, 3.63) is 60.2 Å². The maximum absolute atomic E-state index is 11.4. The number of rotatable bonds is 7. The predicted octanol–water partition coefficient (Wildman–Crippen LogP) is 3.68. The molecule has 0 radical (unpaired) electrons. The Kier molecular flexibility index (Phi) is 5.21. The van der Waals surface area contributed by atoms with Crippen molar-refractivity contribution >= 4 is 5.97 Å². The molecule has 0 saturated carbocycles. The van der Waals surface area contributed by atoms with Crippen LogP contribution in [0.2, 0.25) is 0 Å². The maximum atomic E-state index is 11.4. The molecule has 0 amide bonds. The van der Waals surface area contributed by atoms with Gasteiger partial charge in [0, 0.05) is 5.56 Å². The molecule has 110 valence electrons. The highest BCUT2D eigenvalue weighted by Gasteiger charge is 2.21. The molecule has 1 unspecified atom stereocenters. The van der Waals surface area contributed by atoms with Gasteiger partial charge < -0.3 is 14.6 Å². The molecule has 2 aromatic carbocycles. The molecule has 0 bridgehead atoms. The zero-order chi connectivity index (χ0) is 15.1. The van der Waals surface area contributed by atoms with Crippen LogP contribution in [0, 0.1) is 0 Å². The third kappa shape index (κ3) is 4.24. The van der Waals surface area contributed by atoms with Crippen LogP contribution in [-0.4, -0.2) is 17.7 Å². The summed E-state index contributed by atoms with van der Waals surface area (Å²) in [6.45, 7) is 2.69. The minimum absolute atomic E-state index is 0.495. The summed E-state index contributed by atoms with van der Waals surface area (Å²) < 4.78 is 11.0. The molecule has 2 rings (SSSR count). The molecule has 0 aliphatic carbocycles. The van der Waals surface area contributed by atoms with Gasteiger partial charge in [-0.2, -0.15) is 0 Å². The van der Waals surface area contributed by atoms with Gasteiger partial charge in [-0.05, 0) is 30.7 Å². The smallest absolute Gasteiger partial charge is 0.349 e. The van der Waals surface area contributed by atoms with Crippen LogP contribution in [0.25, 0.3) is 0 Å². The lowest BCUT2D eigenvalue weighted by atomic mass is 10.1. The quantitative estimate of drug-likeness (QED) is 0.843. The molecule has 1 atom stereocenters. The SMILES string of the molecule is CCCOc1ccc(OC(C(=O)O)c2ccccc2)cc1. The Morgan fingerprint density at radius 2 is 1.67 bits per heavy atom. The predicted molar refractivity (Wildman–Crippen MR) is 79.7 cm³/mol. The van der Waals surface area contributed by atoms with Crippen molar-refractivity contribution in [3.8, 4) is 11.5 Å². The molecule has 1 N–H and O–H groups in total. The summed E-state index contributed by atoms with van der Waals surface area (Å²) in [4.78, 5) is 11.4. The fourth-order valence-corrected chi connectivity index (χ4v) is 1.86. The van der Waals surface area contributed by atoms with Crippen LogP contribution in [0.3, 0.4) is 0 Å². The molecule has 0 spiro atoms. The summed E-state index contributed by atoms with van der Waals surface area (Å²) in [6.07, 6.45) is -0.0820. The van der Waals surface area contributed by atoms with E-state index in [0.29, 0.717) is 17.9 Å². The van der Waals surface area contributed by atoms with E-state index in [1.807, 2.05) is 13.0 Å². The highest BCUT2D eigenvalue weighted by molar-refractivity contribution is 5.74. The van der Waals surface area contributed by atoms with Gasteiger partial charge in [0.1, 0.15) is 11.5 Å². The number of carboxylic acid groups (broad SMARTS) is 1. The van der Waals surface area contributed by atoms with E-state index in [0.717, 1.165) is 12.2 Å². The first-order chi connectivity index (χ1) is 10.2. The van der Waals surface area contributed by atoms with E-state index in [1.54, 1.807) is 48.5 Å². The van der Waals surface area contributed by atoms with Crippen molar-refractivity contribution in [2.75, 3.05) is 6.61 Å². The lowest BCUT2D eigenvalue weighted by molar-refractivity contribution is -0.145. The molecule has 0 saturated heterocycles. The molecule has 0 heterocycles. The molecular formula is C17H18O4. The first kappa shape index (κ1) is 14.9. The van der Waals surface area contributed by atoms with E-state index in [4.69, 9.17) is 9.47 Å². The third-order valence-electron chi connectivity index (χ3n) is 2.88. The zero-order valence-corrected chi connectivity index (χ0v) is 11.9. The van der Waals surface area contributed by atoms with Gasteiger partial charge >= 0.3 is 5.97 Å². The fraction of sp³-hybridized carbons (Fsp3) is 0.235. The van der Waals surface area contributed by atoms with Gasteiger partial charge in [0.05, 0.1) is 6.61 Å². The number of aliphatic carboxylic acids is 1. The van der Waals surface area contributed by atoms with Crippen LogP contribution < -0.4 is 9.47 Å². The van der Waals surface area contributed by atoms with Gasteiger partial charge in [-0.15, -0.1) is 0 Å². The van der Waals surface area contributed by atoms with E-state index < -0.39 is 12.1 Å². The monoisotopic (exact) mass is 286 g/mol. The normalized spacial score (nSPS) is 11.7. The van der Waals surface area contributed by atoms with E-state index in [1.165, 1.54) is 0 Å². The fourth-order valence-electron chi connectivity index (χ4n) is 1.86. The molecule has 0 fully saturated rings. The second-order valence-corrected chi connectivity index (χ2v) is 4.57. The van der Waals surface area contributed by atoms with Crippen molar-refractivity contribution in [1.29, 1.82) is 0 Å². The van der Waals surface area contributed by atoms with E-state index in [-0.39, 0.29) is 0 Å². The van der Waals surface area contributed by atoms with Crippen LogP contribution >= 0.6 is 0 Å². The summed E-state index contributed by atoms with van der Waals surface area (Å²) in [5.74, 6) is 0.221. The zero-order valence-electron chi connectivity index (χ0n) is 11.9. The summed E-state index contributed by atoms with van der Waals surface area (Å²) in [6, 6.07) is 15.8. The lowest BCUT2D eigenvalue weighted by Gasteiger charge is -2.15. The number of hydrogen-bond acceptors (Lipinski definition) is 3. The molecule has 4 nitrogen and oxygen atoms in total. The minimum atomic E-state index is -1.02. The van der Waals surface area contributed by atoms with Crippen LogP contribution in [-0.2, 0) is 4.79 Å². The van der Waals surface area contributed by atoms with Crippen LogP contribution in [0.5, 0.6) is 11.5 Å². The van der Waals surface area contributed by atoms with Crippen molar-refractivity contribution in [3.63, 3.8) is 0 Å². The molecule has 0 aliphatic rings. The van der Waals surface area contributed by atoms with Gasteiger partial charge in [0.15, 0.2) is 0 Å². The molecular weight excluding hydrogens is 268 g/mol. The molecule has 2 aromatic rings. The van der Waals surface area contributed by atoms with E-state index in [9.17, 15) is 9.90 Å². The second kappa shape index (κ2) is 7.33. The van der Waals surface area contributed by atoms with Crippen LogP contribution in [0.1, 0.15) is 25.0 Å². The van der Waals surface area contributed by atoms with E-state index in [2.05, 4.69) is 0 Å². The van der Waals surface area contributed by atoms with Gasteiger partial charge in [-0.25, -0.2) is 4.79 Å². The Hall–Kier alpha value is -2.49. The Morgan fingerprint density at radius 3 is 2.24 bits per heavy atom. The van der Waals surface area contributed by atoms with Crippen LogP contribution in [0.4, 0.5) is 0 Å². The van der Waals surface area contributed by atoms with E-state index >= 15 is 0 Å². The molecule has 21 heavy (non-hydrogen) atoms. The highest BCUT2D eigenvalue weighted by Crippen LogP contribution is 2.24. The first-order valence-electron chi connectivity index (χ1n) is 6.88. The summed E-state index contributed by atoms with van der Waals surface area (Å²) in [5.41, 5.74) is 0.608. The number of ether oxygens (including phenoxy) is 2. The summed E-state index contributed by atoms with van der Waals surface area (Å²) >= 11 is 0. The number of hydrogen-bond donors (Lipinski definition) is 1. The van der Waals surface area contributed by atoms with Gasteiger partial charge in [0.25, 0.3) is 0 Å². The van der Waals surface area contributed by atoms with Crippen LogP contribution in [0.15, 0.2) is 54.6 Å². The second-order valence-electron chi connectivity index (χ2n) is 4.57. The molecule has 0 aliphatic heterocycles. The minimum Gasteiger partial charge on any atom is -0.494 e. The Bertz CT molecular complexity index is 563. The van der Waals surface area contributed by atoms with Gasteiger partial charge in [0.2, 0.25) is 6.10 Å². The topological polar surface area (TPSA) is 55.8 Å². The first-order valence-corrected chi connectivity index (χ1v) is 6.88. The highest BCUT2D eigenvalue weighted by atomic mass is 16.5. The summed E-state index contributed by atoms with van der Waals surface area (Å²) in [5, 5.41) is 9.31. The average Bonchev–Trinajstić information content (AvgIpc) is 2.52. The number of benzene rings is 2. The number of carbonyl (C=O) groups is 1.